The first-order valence-corrected chi connectivity index (χ1v) is 7.69. The van der Waals surface area contributed by atoms with Gasteiger partial charge in [-0.1, -0.05) is 6.42 Å². The second-order valence-corrected chi connectivity index (χ2v) is 6.70. The highest BCUT2D eigenvalue weighted by Crippen LogP contribution is 2.48. The lowest BCUT2D eigenvalue weighted by Crippen LogP contribution is -2.43. The molecule has 3 heteroatoms. The van der Waals surface area contributed by atoms with Crippen molar-refractivity contribution in [2.45, 2.75) is 38.5 Å². The molecule has 1 saturated heterocycles. The lowest BCUT2D eigenvalue weighted by atomic mass is 9.88. The van der Waals surface area contributed by atoms with Gasteiger partial charge in [-0.2, -0.15) is 0 Å². The van der Waals surface area contributed by atoms with Gasteiger partial charge in [0.25, 0.3) is 0 Å². The summed E-state index contributed by atoms with van der Waals surface area (Å²) in [6.07, 6.45) is 7.92. The van der Waals surface area contributed by atoms with E-state index in [2.05, 4.69) is 5.32 Å². The maximum atomic E-state index is 12.4. The molecule has 0 radical (unpaired) electrons. The molecule has 3 fully saturated rings. The minimum absolute atomic E-state index is 0.238. The average molecular weight is 250 g/mol. The van der Waals surface area contributed by atoms with E-state index in [-0.39, 0.29) is 5.92 Å². The Morgan fingerprint density at radius 2 is 2.17 bits per heavy atom. The number of hydrogen-bond donors (Lipinski definition) is 1. The standard InChI is InChI=1S/C15H26N2O/c1-17(15(18)13-3-2-6-16-9-13)10-14-8-11-4-5-12(14)7-11/h11-14,16H,2-10H2,1H3/t11?,12?,13-,14?/m1/s1. The zero-order valence-electron chi connectivity index (χ0n) is 11.5. The van der Waals surface area contributed by atoms with E-state index in [0.29, 0.717) is 5.91 Å². The molecule has 2 aliphatic carbocycles. The molecule has 18 heavy (non-hydrogen) atoms. The SMILES string of the molecule is CN(CC1CC2CCC1C2)C(=O)[C@@H]1CCCNC1. The maximum absolute atomic E-state index is 12.4. The van der Waals surface area contributed by atoms with Crippen molar-refractivity contribution in [2.24, 2.45) is 23.7 Å². The third-order valence-corrected chi connectivity index (χ3v) is 5.42. The zero-order chi connectivity index (χ0) is 12.5. The van der Waals surface area contributed by atoms with E-state index >= 15 is 0 Å². The summed E-state index contributed by atoms with van der Waals surface area (Å²) in [5, 5.41) is 3.34. The summed E-state index contributed by atoms with van der Waals surface area (Å²) in [5.74, 6) is 3.33. The van der Waals surface area contributed by atoms with Gasteiger partial charge in [-0.25, -0.2) is 0 Å². The van der Waals surface area contributed by atoms with Crippen LogP contribution in [-0.2, 0) is 4.79 Å². The van der Waals surface area contributed by atoms with E-state index in [1.54, 1.807) is 0 Å². The number of piperidine rings is 1. The van der Waals surface area contributed by atoms with Crippen molar-refractivity contribution in [3.8, 4) is 0 Å². The minimum atomic E-state index is 0.238. The topological polar surface area (TPSA) is 32.3 Å². The Balaban J connectivity index is 1.51. The van der Waals surface area contributed by atoms with Crippen LogP contribution < -0.4 is 5.32 Å². The Hall–Kier alpha value is -0.570. The Kier molecular flexibility index (Phi) is 3.60. The quantitative estimate of drug-likeness (QED) is 0.829. The predicted octanol–water partition coefficient (Wildman–Crippen LogP) is 1.88. The first-order chi connectivity index (χ1) is 8.74. The van der Waals surface area contributed by atoms with Crippen LogP contribution in [0.3, 0.4) is 0 Å². The first kappa shape index (κ1) is 12.5. The van der Waals surface area contributed by atoms with Crippen molar-refractivity contribution in [2.75, 3.05) is 26.7 Å². The predicted molar refractivity (Wildman–Crippen MR) is 72.2 cm³/mol. The molecule has 3 unspecified atom stereocenters. The van der Waals surface area contributed by atoms with Gasteiger partial charge >= 0.3 is 0 Å². The van der Waals surface area contributed by atoms with Gasteiger partial charge in [-0.3, -0.25) is 4.79 Å². The molecule has 2 bridgehead atoms. The van der Waals surface area contributed by atoms with E-state index in [1.165, 1.54) is 25.7 Å². The van der Waals surface area contributed by atoms with Crippen molar-refractivity contribution in [3.05, 3.63) is 0 Å². The Labute approximate surface area is 110 Å². The highest BCUT2D eigenvalue weighted by atomic mass is 16.2. The molecule has 4 atom stereocenters. The molecular formula is C15H26N2O. The van der Waals surface area contributed by atoms with Gasteiger partial charge in [-0.15, -0.1) is 0 Å². The third kappa shape index (κ3) is 2.42. The van der Waals surface area contributed by atoms with E-state index < -0.39 is 0 Å². The Bertz CT molecular complexity index is 312. The summed E-state index contributed by atoms with van der Waals surface area (Å²) in [5.41, 5.74) is 0. The van der Waals surface area contributed by atoms with E-state index in [9.17, 15) is 4.79 Å². The van der Waals surface area contributed by atoms with Gasteiger partial charge in [-0.05, 0) is 56.4 Å². The number of carbonyl (C=O) groups excluding carboxylic acids is 1. The maximum Gasteiger partial charge on any atom is 0.226 e. The normalized spacial score (nSPS) is 38.9. The number of fused-ring (bicyclic) bond motifs is 2. The summed E-state index contributed by atoms with van der Waals surface area (Å²) in [7, 11) is 2.02. The van der Waals surface area contributed by atoms with Gasteiger partial charge in [0.2, 0.25) is 5.91 Å². The monoisotopic (exact) mass is 250 g/mol. The van der Waals surface area contributed by atoms with Crippen LogP contribution in [0, 0.1) is 23.7 Å². The first-order valence-electron chi connectivity index (χ1n) is 7.69. The van der Waals surface area contributed by atoms with Gasteiger partial charge in [0.1, 0.15) is 0 Å². The zero-order valence-corrected chi connectivity index (χ0v) is 11.5. The largest absolute Gasteiger partial charge is 0.345 e. The lowest BCUT2D eigenvalue weighted by molar-refractivity contribution is -0.135. The van der Waals surface area contributed by atoms with Crippen LogP contribution in [0.5, 0.6) is 0 Å². The summed E-state index contributed by atoms with van der Waals surface area (Å²) in [6, 6.07) is 0. The molecular weight excluding hydrogens is 224 g/mol. The number of rotatable bonds is 3. The smallest absolute Gasteiger partial charge is 0.226 e. The molecule has 0 aromatic heterocycles. The summed E-state index contributed by atoms with van der Waals surface area (Å²) in [4.78, 5) is 14.4. The fourth-order valence-electron chi connectivity index (χ4n) is 4.42. The van der Waals surface area contributed by atoms with Crippen LogP contribution in [-0.4, -0.2) is 37.5 Å². The molecule has 1 N–H and O–H groups in total. The van der Waals surface area contributed by atoms with Crippen molar-refractivity contribution < 1.29 is 4.79 Å². The highest BCUT2D eigenvalue weighted by molar-refractivity contribution is 5.78. The number of hydrogen-bond acceptors (Lipinski definition) is 2. The summed E-state index contributed by atoms with van der Waals surface area (Å²) in [6.45, 7) is 2.98. The van der Waals surface area contributed by atoms with Gasteiger partial charge in [0.15, 0.2) is 0 Å². The van der Waals surface area contributed by atoms with Crippen molar-refractivity contribution in [1.29, 1.82) is 0 Å². The highest BCUT2D eigenvalue weighted by Gasteiger charge is 2.40. The van der Waals surface area contributed by atoms with Crippen LogP contribution in [0.25, 0.3) is 0 Å². The van der Waals surface area contributed by atoms with E-state index in [0.717, 1.165) is 50.2 Å². The van der Waals surface area contributed by atoms with Crippen molar-refractivity contribution in [1.82, 2.24) is 10.2 Å². The van der Waals surface area contributed by atoms with Crippen LogP contribution in [0.4, 0.5) is 0 Å². The average Bonchev–Trinajstić information content (AvgIpc) is 3.01. The van der Waals surface area contributed by atoms with E-state index in [4.69, 9.17) is 0 Å². The Morgan fingerprint density at radius 3 is 2.78 bits per heavy atom. The minimum Gasteiger partial charge on any atom is -0.345 e. The van der Waals surface area contributed by atoms with Crippen LogP contribution in [0.2, 0.25) is 0 Å². The Morgan fingerprint density at radius 1 is 1.28 bits per heavy atom. The molecule has 1 aliphatic heterocycles. The fraction of sp³-hybridized carbons (Fsp3) is 0.933. The molecule has 0 spiro atoms. The molecule has 0 aromatic rings. The summed E-state index contributed by atoms with van der Waals surface area (Å²) < 4.78 is 0. The molecule has 1 amide bonds. The molecule has 3 nitrogen and oxygen atoms in total. The van der Waals surface area contributed by atoms with Crippen molar-refractivity contribution >= 4 is 5.91 Å². The molecule has 2 saturated carbocycles. The number of nitrogens with one attached hydrogen (secondary N) is 1. The lowest BCUT2D eigenvalue weighted by Gasteiger charge is -2.31. The molecule has 3 rings (SSSR count). The van der Waals surface area contributed by atoms with Crippen molar-refractivity contribution in [3.63, 3.8) is 0 Å². The summed E-state index contributed by atoms with van der Waals surface area (Å²) >= 11 is 0. The number of nitrogens with zero attached hydrogens (tertiary/aromatic N) is 1. The van der Waals surface area contributed by atoms with Gasteiger partial charge in [0, 0.05) is 20.1 Å². The van der Waals surface area contributed by atoms with Crippen LogP contribution >= 0.6 is 0 Å². The van der Waals surface area contributed by atoms with Gasteiger partial charge in [0.05, 0.1) is 5.92 Å². The van der Waals surface area contributed by atoms with Crippen LogP contribution in [0.1, 0.15) is 38.5 Å². The molecule has 102 valence electrons. The molecule has 0 aromatic carbocycles. The van der Waals surface area contributed by atoms with Crippen LogP contribution in [0.15, 0.2) is 0 Å². The molecule has 1 heterocycles. The number of amides is 1. The second-order valence-electron chi connectivity index (χ2n) is 6.70. The van der Waals surface area contributed by atoms with E-state index in [1.807, 2.05) is 11.9 Å². The number of carbonyl (C=O) groups is 1. The third-order valence-electron chi connectivity index (χ3n) is 5.42. The molecule has 3 aliphatic rings. The van der Waals surface area contributed by atoms with Gasteiger partial charge < -0.3 is 10.2 Å². The second kappa shape index (κ2) is 5.20. The fourth-order valence-corrected chi connectivity index (χ4v) is 4.42.